The predicted octanol–water partition coefficient (Wildman–Crippen LogP) is 3.24. The summed E-state index contributed by atoms with van der Waals surface area (Å²) in [5, 5.41) is 11.5. The van der Waals surface area contributed by atoms with Crippen molar-refractivity contribution in [1.29, 1.82) is 0 Å². The highest BCUT2D eigenvalue weighted by Crippen LogP contribution is 2.27. The van der Waals surface area contributed by atoms with Gasteiger partial charge in [0.15, 0.2) is 0 Å². The van der Waals surface area contributed by atoms with E-state index in [1.807, 2.05) is 12.4 Å². The smallest absolute Gasteiger partial charge is 0.0948 e. The van der Waals surface area contributed by atoms with Crippen LogP contribution in [0.4, 0.5) is 0 Å². The van der Waals surface area contributed by atoms with Crippen LogP contribution in [0.1, 0.15) is 11.3 Å². The minimum Gasteiger partial charge on any atom is -0.514 e. The van der Waals surface area contributed by atoms with E-state index < -0.39 is 0 Å². The number of nitrogens with zero attached hydrogens (tertiary/aromatic N) is 1. The van der Waals surface area contributed by atoms with E-state index in [9.17, 15) is 0 Å². The van der Waals surface area contributed by atoms with Crippen molar-refractivity contribution in [3.63, 3.8) is 0 Å². The molecule has 17 heavy (non-hydrogen) atoms. The number of aryl methyl sites for hydroxylation is 1. The zero-order chi connectivity index (χ0) is 12.1. The summed E-state index contributed by atoms with van der Waals surface area (Å²) in [7, 11) is 0. The maximum atomic E-state index is 8.50. The van der Waals surface area contributed by atoms with Crippen molar-refractivity contribution in [2.24, 2.45) is 0 Å². The first-order valence-electron chi connectivity index (χ1n) is 5.33. The molecule has 2 N–H and O–H groups in total. The van der Waals surface area contributed by atoms with Crippen molar-refractivity contribution in [2.45, 2.75) is 13.5 Å². The monoisotopic (exact) mass is 246 g/mol. The first-order valence-corrected chi connectivity index (χ1v) is 6.21. The fourth-order valence-electron chi connectivity index (χ4n) is 1.58. The number of nitrogens with one attached hydrogen (secondary N) is 1. The lowest BCUT2D eigenvalue weighted by molar-refractivity contribution is 0.468. The third-order valence-electron chi connectivity index (χ3n) is 2.46. The van der Waals surface area contributed by atoms with Gasteiger partial charge in [0.25, 0.3) is 0 Å². The summed E-state index contributed by atoms with van der Waals surface area (Å²) in [4.78, 5) is 5.47. The molecule has 0 aliphatic carbocycles. The van der Waals surface area contributed by atoms with Crippen molar-refractivity contribution in [1.82, 2.24) is 10.3 Å². The summed E-state index contributed by atoms with van der Waals surface area (Å²) in [6.45, 7) is 2.73. The Kier molecular flexibility index (Phi) is 3.77. The van der Waals surface area contributed by atoms with Crippen LogP contribution < -0.4 is 5.32 Å². The zero-order valence-electron chi connectivity index (χ0n) is 9.55. The van der Waals surface area contributed by atoms with Gasteiger partial charge in [-0.25, -0.2) is 4.98 Å². The first-order chi connectivity index (χ1) is 8.31. The summed E-state index contributed by atoms with van der Waals surface area (Å²) >= 11 is 1.66. The Balaban J connectivity index is 2.11. The van der Waals surface area contributed by atoms with Crippen LogP contribution in [0.25, 0.3) is 10.4 Å². The molecule has 0 atom stereocenters. The highest BCUT2D eigenvalue weighted by Gasteiger charge is 2.03. The molecule has 3 nitrogen and oxygen atoms in total. The lowest BCUT2D eigenvalue weighted by Gasteiger charge is -2.03. The molecule has 1 heterocycles. The molecule has 88 valence electrons. The Morgan fingerprint density at radius 3 is 2.71 bits per heavy atom. The van der Waals surface area contributed by atoms with Gasteiger partial charge in [0, 0.05) is 12.7 Å². The maximum Gasteiger partial charge on any atom is 0.0948 e. The van der Waals surface area contributed by atoms with E-state index in [2.05, 4.69) is 34.6 Å². The van der Waals surface area contributed by atoms with E-state index >= 15 is 0 Å². The van der Waals surface area contributed by atoms with Gasteiger partial charge in [-0.1, -0.05) is 24.3 Å². The van der Waals surface area contributed by atoms with Gasteiger partial charge in [0.2, 0.25) is 0 Å². The van der Waals surface area contributed by atoms with Crippen molar-refractivity contribution in [2.75, 3.05) is 0 Å². The van der Waals surface area contributed by atoms with E-state index in [-0.39, 0.29) is 0 Å². The fourth-order valence-corrected chi connectivity index (χ4v) is 2.39. The topological polar surface area (TPSA) is 45.2 Å². The first kappa shape index (κ1) is 11.7. The second kappa shape index (κ2) is 5.50. The second-order valence-electron chi connectivity index (χ2n) is 3.66. The highest BCUT2D eigenvalue weighted by molar-refractivity contribution is 7.13. The normalized spacial score (nSPS) is 10.9. The second-order valence-corrected chi connectivity index (χ2v) is 4.52. The Bertz CT molecular complexity index is 502. The molecule has 0 radical (unpaired) electrons. The largest absolute Gasteiger partial charge is 0.514 e. The molecule has 0 aliphatic rings. The van der Waals surface area contributed by atoms with Crippen LogP contribution in [-0.2, 0) is 6.54 Å². The van der Waals surface area contributed by atoms with Crippen LogP contribution in [0.3, 0.4) is 0 Å². The van der Waals surface area contributed by atoms with Crippen LogP contribution in [0, 0.1) is 6.92 Å². The van der Waals surface area contributed by atoms with Crippen molar-refractivity contribution >= 4 is 11.3 Å². The fraction of sp³-hybridized carbons (Fsp3) is 0.154. The lowest BCUT2D eigenvalue weighted by Crippen LogP contribution is -2.03. The van der Waals surface area contributed by atoms with Gasteiger partial charge in [0.1, 0.15) is 0 Å². The summed E-state index contributed by atoms with van der Waals surface area (Å²) in [5.41, 5.74) is 5.32. The lowest BCUT2D eigenvalue weighted by atomic mass is 10.1. The number of thiazole rings is 1. The van der Waals surface area contributed by atoms with Gasteiger partial charge in [-0.15, -0.1) is 11.3 Å². The molecule has 0 bridgehead atoms. The molecule has 4 heteroatoms. The van der Waals surface area contributed by atoms with Crippen LogP contribution in [0.15, 0.2) is 42.2 Å². The molecule has 1 aromatic carbocycles. The number of hydrogen-bond donors (Lipinski definition) is 2. The molecule has 2 aromatic rings. The van der Waals surface area contributed by atoms with Crippen molar-refractivity contribution in [3.8, 4) is 10.4 Å². The number of aliphatic hydroxyl groups excluding tert-OH is 1. The number of rotatable bonds is 4. The summed E-state index contributed by atoms with van der Waals surface area (Å²) in [5.74, 6) is 0. The Labute approximate surface area is 104 Å². The average molecular weight is 246 g/mol. The van der Waals surface area contributed by atoms with Gasteiger partial charge < -0.3 is 10.4 Å². The number of hydrogen-bond acceptors (Lipinski definition) is 4. The van der Waals surface area contributed by atoms with E-state index in [1.54, 1.807) is 11.3 Å². The molecule has 0 spiro atoms. The van der Waals surface area contributed by atoms with Gasteiger partial charge in [-0.05, 0) is 18.1 Å². The summed E-state index contributed by atoms with van der Waals surface area (Å²) < 4.78 is 0. The van der Waals surface area contributed by atoms with Gasteiger partial charge >= 0.3 is 0 Å². The van der Waals surface area contributed by atoms with Crippen molar-refractivity contribution in [3.05, 3.63) is 53.5 Å². The van der Waals surface area contributed by atoms with Crippen molar-refractivity contribution < 1.29 is 5.11 Å². The quantitative estimate of drug-likeness (QED) is 0.814. The number of aromatic nitrogens is 1. The molecular weight excluding hydrogens is 232 g/mol. The van der Waals surface area contributed by atoms with Gasteiger partial charge in [-0.3, -0.25) is 0 Å². The van der Waals surface area contributed by atoms with Crippen LogP contribution in [0.5, 0.6) is 0 Å². The van der Waals surface area contributed by atoms with Gasteiger partial charge in [0.05, 0.1) is 22.3 Å². The Morgan fingerprint density at radius 2 is 2.12 bits per heavy atom. The molecule has 0 fully saturated rings. The molecule has 0 unspecified atom stereocenters. The maximum absolute atomic E-state index is 8.50. The third-order valence-corrected chi connectivity index (χ3v) is 3.44. The molecule has 1 aromatic heterocycles. The summed E-state index contributed by atoms with van der Waals surface area (Å²) in [6.07, 6.45) is 2.51. The minimum atomic E-state index is 0.707. The third kappa shape index (κ3) is 2.85. The molecular formula is C13H14N2OS. The van der Waals surface area contributed by atoms with E-state index in [4.69, 9.17) is 5.11 Å². The molecule has 0 amide bonds. The van der Waals surface area contributed by atoms with Crippen LogP contribution >= 0.6 is 11.3 Å². The Morgan fingerprint density at radius 1 is 1.35 bits per heavy atom. The number of aliphatic hydroxyl groups is 1. The predicted molar refractivity (Wildman–Crippen MR) is 70.9 cm³/mol. The van der Waals surface area contributed by atoms with E-state index in [0.29, 0.717) is 6.54 Å². The highest BCUT2D eigenvalue weighted by atomic mass is 32.1. The minimum absolute atomic E-state index is 0.707. The molecule has 0 saturated heterocycles. The van der Waals surface area contributed by atoms with Gasteiger partial charge in [-0.2, -0.15) is 0 Å². The standard InChI is InChI=1S/C13H14N2OS/c1-10-13(17-9-15-10)12-4-2-11(3-5-12)8-14-6-7-16/h2-7,9,14,16H,8H2,1H3. The average Bonchev–Trinajstić information content (AvgIpc) is 2.77. The molecule has 0 aliphatic heterocycles. The zero-order valence-corrected chi connectivity index (χ0v) is 10.4. The van der Waals surface area contributed by atoms with E-state index in [1.165, 1.54) is 22.2 Å². The Hall–Kier alpha value is -1.81. The molecule has 2 rings (SSSR count). The number of benzene rings is 1. The van der Waals surface area contributed by atoms with Crippen LogP contribution in [0.2, 0.25) is 0 Å². The SMILES string of the molecule is Cc1ncsc1-c1ccc(CNC=CO)cc1. The van der Waals surface area contributed by atoms with Crippen LogP contribution in [-0.4, -0.2) is 10.1 Å². The summed E-state index contributed by atoms with van der Waals surface area (Å²) in [6, 6.07) is 8.35. The molecule has 0 saturated carbocycles. The van der Waals surface area contributed by atoms with E-state index in [0.717, 1.165) is 12.0 Å².